The molecule has 24 heavy (non-hydrogen) atoms. The number of benzene rings is 1. The lowest BCUT2D eigenvalue weighted by Gasteiger charge is -2.14. The van der Waals surface area contributed by atoms with E-state index in [-0.39, 0.29) is 18.2 Å². The zero-order chi connectivity index (χ0) is 17.4. The van der Waals surface area contributed by atoms with Gasteiger partial charge in [-0.2, -0.15) is 5.26 Å². The zero-order valence-electron chi connectivity index (χ0n) is 13.6. The van der Waals surface area contributed by atoms with Gasteiger partial charge >= 0.3 is 0 Å². The third-order valence-corrected chi connectivity index (χ3v) is 2.99. The molecular weight excluding hydrogens is 306 g/mol. The molecule has 2 rings (SSSR count). The van der Waals surface area contributed by atoms with Crippen molar-refractivity contribution >= 4 is 11.6 Å². The number of rotatable bonds is 7. The lowest BCUT2D eigenvalue weighted by molar-refractivity contribution is -0.117. The summed E-state index contributed by atoms with van der Waals surface area (Å²) >= 11 is 0. The van der Waals surface area contributed by atoms with Crippen molar-refractivity contribution in [2.75, 3.05) is 5.32 Å². The zero-order valence-corrected chi connectivity index (χ0v) is 13.6. The van der Waals surface area contributed by atoms with Gasteiger partial charge in [0.2, 0.25) is 0 Å². The molecule has 0 unspecified atom stereocenters. The van der Waals surface area contributed by atoms with Crippen LogP contribution in [0.1, 0.15) is 19.6 Å². The van der Waals surface area contributed by atoms with E-state index in [0.717, 1.165) is 0 Å². The Kier molecular flexibility index (Phi) is 6.03. The minimum atomic E-state index is -0.483. The van der Waals surface area contributed by atoms with E-state index in [1.54, 1.807) is 12.1 Å². The fourth-order valence-corrected chi connectivity index (χ4v) is 1.92. The number of nitrogens with one attached hydrogen (secondary N) is 2. The first-order valence-corrected chi connectivity index (χ1v) is 7.53. The summed E-state index contributed by atoms with van der Waals surface area (Å²) in [6.07, 6.45) is 2.90. The van der Waals surface area contributed by atoms with Crippen LogP contribution in [0.5, 0.6) is 5.75 Å². The van der Waals surface area contributed by atoms with Crippen LogP contribution in [0.2, 0.25) is 0 Å². The molecule has 0 radical (unpaired) electrons. The topological polar surface area (TPSA) is 87.3 Å². The lowest BCUT2D eigenvalue weighted by Crippen LogP contribution is -2.24. The highest BCUT2D eigenvalue weighted by Gasteiger charge is 2.10. The fourth-order valence-electron chi connectivity index (χ4n) is 1.92. The van der Waals surface area contributed by atoms with E-state index in [0.29, 0.717) is 17.2 Å². The summed E-state index contributed by atoms with van der Waals surface area (Å²) in [5.41, 5.74) is 0.638. The Morgan fingerprint density at radius 2 is 2.12 bits per heavy atom. The molecule has 0 atom stereocenters. The first kappa shape index (κ1) is 17.2. The number of carbonyl (C=O) groups excluding carboxylic acids is 1. The summed E-state index contributed by atoms with van der Waals surface area (Å²) in [5, 5.41) is 14.7. The van der Waals surface area contributed by atoms with Gasteiger partial charge in [0, 0.05) is 6.20 Å². The van der Waals surface area contributed by atoms with Crippen LogP contribution in [0, 0.1) is 11.3 Å². The highest BCUT2D eigenvalue weighted by molar-refractivity contribution is 5.97. The lowest BCUT2D eigenvalue weighted by atomic mass is 10.2. The van der Waals surface area contributed by atoms with Crippen molar-refractivity contribution < 1.29 is 13.9 Å². The van der Waals surface area contributed by atoms with E-state index in [1.807, 2.05) is 44.2 Å². The fraction of sp³-hybridized carbons (Fsp3) is 0.222. The van der Waals surface area contributed by atoms with Crippen molar-refractivity contribution in [2.45, 2.75) is 26.5 Å². The Labute approximate surface area is 140 Å². The first-order valence-electron chi connectivity index (χ1n) is 7.53. The summed E-state index contributed by atoms with van der Waals surface area (Å²) in [6, 6.07) is 12.7. The van der Waals surface area contributed by atoms with Crippen LogP contribution in [0.25, 0.3) is 0 Å². The van der Waals surface area contributed by atoms with Gasteiger partial charge in [-0.3, -0.25) is 4.79 Å². The molecule has 0 spiro atoms. The molecule has 1 amide bonds. The Balaban J connectivity index is 2.03. The van der Waals surface area contributed by atoms with Crippen molar-refractivity contribution in [3.05, 3.63) is 60.2 Å². The summed E-state index contributed by atoms with van der Waals surface area (Å²) in [4.78, 5) is 12.0. The van der Waals surface area contributed by atoms with Crippen LogP contribution in [0.4, 0.5) is 5.69 Å². The number of hydrogen-bond acceptors (Lipinski definition) is 5. The summed E-state index contributed by atoms with van der Waals surface area (Å²) in [5.74, 6) is 0.782. The molecule has 2 N–H and O–H groups in total. The monoisotopic (exact) mass is 325 g/mol. The number of anilines is 1. The standard InChI is InChI=1S/C18H19N3O3/c1-13(2)24-17-8-4-3-7-16(17)20-11-14(10-19)18(22)21-12-15-6-5-9-23-15/h3-9,11,13,20H,12H2,1-2H3,(H,21,22)/b14-11+. The molecule has 0 saturated heterocycles. The van der Waals surface area contributed by atoms with Crippen molar-refractivity contribution in [2.24, 2.45) is 0 Å². The average molecular weight is 325 g/mol. The van der Waals surface area contributed by atoms with Gasteiger partial charge in [-0.1, -0.05) is 12.1 Å². The minimum Gasteiger partial charge on any atom is -0.489 e. The van der Waals surface area contributed by atoms with E-state index in [9.17, 15) is 10.1 Å². The van der Waals surface area contributed by atoms with Crippen molar-refractivity contribution in [1.82, 2.24) is 5.32 Å². The number of carbonyl (C=O) groups is 1. The second kappa shape index (κ2) is 8.44. The molecule has 0 aliphatic rings. The SMILES string of the molecule is CC(C)Oc1ccccc1N/C=C(\C#N)C(=O)NCc1ccco1. The molecule has 6 heteroatoms. The predicted octanol–water partition coefficient (Wildman–Crippen LogP) is 3.20. The average Bonchev–Trinajstić information content (AvgIpc) is 3.08. The number of para-hydroxylation sites is 2. The van der Waals surface area contributed by atoms with E-state index in [2.05, 4.69) is 10.6 Å². The van der Waals surface area contributed by atoms with Crippen LogP contribution in [-0.2, 0) is 11.3 Å². The van der Waals surface area contributed by atoms with Gasteiger partial charge in [-0.05, 0) is 38.1 Å². The molecule has 1 aromatic heterocycles. The van der Waals surface area contributed by atoms with Crippen molar-refractivity contribution in [3.63, 3.8) is 0 Å². The predicted molar refractivity (Wildman–Crippen MR) is 90.1 cm³/mol. The molecule has 0 saturated carbocycles. The van der Waals surface area contributed by atoms with E-state index in [1.165, 1.54) is 12.5 Å². The van der Waals surface area contributed by atoms with E-state index < -0.39 is 5.91 Å². The number of amides is 1. The minimum absolute atomic E-state index is 0.0176. The summed E-state index contributed by atoms with van der Waals surface area (Å²) in [7, 11) is 0. The van der Waals surface area contributed by atoms with Gasteiger partial charge in [0.25, 0.3) is 5.91 Å². The van der Waals surface area contributed by atoms with E-state index in [4.69, 9.17) is 9.15 Å². The van der Waals surface area contributed by atoms with Gasteiger partial charge in [0.1, 0.15) is 23.2 Å². The van der Waals surface area contributed by atoms with Crippen LogP contribution in [0.15, 0.2) is 58.9 Å². The van der Waals surface area contributed by atoms with Crippen LogP contribution in [0.3, 0.4) is 0 Å². The quantitative estimate of drug-likeness (QED) is 0.603. The third kappa shape index (κ3) is 4.92. The number of furan rings is 1. The maximum atomic E-state index is 12.0. The number of nitrogens with zero attached hydrogens (tertiary/aromatic N) is 1. The van der Waals surface area contributed by atoms with Crippen LogP contribution >= 0.6 is 0 Å². The van der Waals surface area contributed by atoms with Crippen LogP contribution in [-0.4, -0.2) is 12.0 Å². The van der Waals surface area contributed by atoms with Gasteiger partial charge in [-0.25, -0.2) is 0 Å². The molecule has 0 fully saturated rings. The molecule has 6 nitrogen and oxygen atoms in total. The Bertz CT molecular complexity index is 743. The number of ether oxygens (including phenoxy) is 1. The molecule has 2 aromatic rings. The third-order valence-electron chi connectivity index (χ3n) is 2.99. The smallest absolute Gasteiger partial charge is 0.263 e. The summed E-state index contributed by atoms with van der Waals surface area (Å²) < 4.78 is 10.8. The van der Waals surface area contributed by atoms with Crippen LogP contribution < -0.4 is 15.4 Å². The molecule has 0 aliphatic heterocycles. The normalized spacial score (nSPS) is 11.0. The second-order valence-electron chi connectivity index (χ2n) is 5.24. The van der Waals surface area contributed by atoms with Gasteiger partial charge in [0.05, 0.1) is 24.6 Å². The molecule has 1 aromatic carbocycles. The number of nitriles is 1. The Hall–Kier alpha value is -3.20. The molecule has 0 aliphatic carbocycles. The largest absolute Gasteiger partial charge is 0.489 e. The first-order chi connectivity index (χ1) is 11.6. The maximum Gasteiger partial charge on any atom is 0.263 e. The molecule has 1 heterocycles. The molecule has 124 valence electrons. The molecule has 0 bridgehead atoms. The number of hydrogen-bond donors (Lipinski definition) is 2. The highest BCUT2D eigenvalue weighted by atomic mass is 16.5. The van der Waals surface area contributed by atoms with Crippen molar-refractivity contribution in [3.8, 4) is 11.8 Å². The van der Waals surface area contributed by atoms with Gasteiger partial charge in [0.15, 0.2) is 0 Å². The van der Waals surface area contributed by atoms with Gasteiger partial charge in [-0.15, -0.1) is 0 Å². The Morgan fingerprint density at radius 3 is 2.79 bits per heavy atom. The summed E-state index contributed by atoms with van der Waals surface area (Å²) in [6.45, 7) is 4.07. The van der Waals surface area contributed by atoms with Crippen molar-refractivity contribution in [1.29, 1.82) is 5.26 Å². The second-order valence-corrected chi connectivity index (χ2v) is 5.24. The maximum absolute atomic E-state index is 12.0. The molecular formula is C18H19N3O3. The highest BCUT2D eigenvalue weighted by Crippen LogP contribution is 2.25. The van der Waals surface area contributed by atoms with Gasteiger partial charge < -0.3 is 19.8 Å². The van der Waals surface area contributed by atoms with E-state index >= 15 is 0 Å². The Morgan fingerprint density at radius 1 is 1.33 bits per heavy atom.